The number of hydrogen-bond acceptors (Lipinski definition) is 2. The molecule has 2 unspecified atom stereocenters. The van der Waals surface area contributed by atoms with Crippen LogP contribution in [0.25, 0.3) is 0 Å². The second kappa shape index (κ2) is 5.10. The molecule has 4 aliphatic rings. The third kappa shape index (κ3) is 2.73. The first-order valence-electron chi connectivity index (χ1n) is 7.93. The van der Waals surface area contributed by atoms with Gasteiger partial charge in [0.25, 0.3) is 0 Å². The topological polar surface area (TPSA) is 102 Å². The number of carbonyl (C=O) groups is 2. The van der Waals surface area contributed by atoms with Gasteiger partial charge in [-0.1, -0.05) is 13.3 Å². The van der Waals surface area contributed by atoms with Gasteiger partial charge in [-0.3, -0.25) is 9.59 Å². The highest BCUT2D eigenvalue weighted by molar-refractivity contribution is 5.69. The van der Waals surface area contributed by atoms with Gasteiger partial charge in [0, 0.05) is 19.3 Å². The van der Waals surface area contributed by atoms with E-state index in [1.54, 1.807) is 0 Å². The maximum atomic E-state index is 11.4. The van der Waals surface area contributed by atoms with Crippen molar-refractivity contribution in [2.24, 2.45) is 16.2 Å². The van der Waals surface area contributed by atoms with E-state index in [9.17, 15) is 19.8 Å². The molecule has 0 amide bonds. The van der Waals surface area contributed by atoms with Gasteiger partial charge in [-0.05, 0) is 35.5 Å². The first-order chi connectivity index (χ1) is 9.64. The standard InChI is InChI=1S/C16H25NO4.ClH/c1-2-13-5-14(3-11(18)19)7-15(6-13,4-12(20)21)10-16(17,8-13)9-14;/h2-10,17H2,1H3,(H,18,19)(H,20,21);1H. The molecule has 0 aliphatic heterocycles. The number of aliphatic carboxylic acids is 2. The summed E-state index contributed by atoms with van der Waals surface area (Å²) in [5.74, 6) is -1.51. The van der Waals surface area contributed by atoms with Gasteiger partial charge in [0.05, 0.1) is 18.4 Å². The maximum Gasteiger partial charge on any atom is 0.303 e. The molecule has 5 N–H and O–H groups in total. The summed E-state index contributed by atoms with van der Waals surface area (Å²) in [6.45, 7) is 2.17. The molecular weight excluding hydrogens is 306 g/mol. The fourth-order valence-corrected chi connectivity index (χ4v) is 6.91. The highest BCUT2D eigenvalue weighted by atomic mass is 35.5. The summed E-state index contributed by atoms with van der Waals surface area (Å²) < 4.78 is 0. The summed E-state index contributed by atoms with van der Waals surface area (Å²) >= 11 is 0. The summed E-state index contributed by atoms with van der Waals surface area (Å²) in [5, 5.41) is 18.7. The van der Waals surface area contributed by atoms with Crippen LogP contribution in [0.4, 0.5) is 0 Å². The quantitative estimate of drug-likeness (QED) is 0.581. The largest absolute Gasteiger partial charge is 1.00 e. The molecule has 5 nitrogen and oxygen atoms in total. The lowest BCUT2D eigenvalue weighted by atomic mass is 9.36. The SMILES string of the molecule is CCC12CC3([NH3+])CC(CC(=O)O)(C1)CC(CC(=O)O)(C3)C2.[Cl-]. The molecule has 4 aliphatic carbocycles. The minimum Gasteiger partial charge on any atom is -1.00 e. The van der Waals surface area contributed by atoms with Gasteiger partial charge in [-0.25, -0.2) is 0 Å². The Balaban J connectivity index is 0.00000176. The Kier molecular flexibility index (Phi) is 4.06. The van der Waals surface area contributed by atoms with Gasteiger partial charge in [-0.15, -0.1) is 0 Å². The zero-order chi connectivity index (χ0) is 15.5. The highest BCUT2D eigenvalue weighted by Crippen LogP contribution is 2.72. The Hall–Kier alpha value is -0.810. The summed E-state index contributed by atoms with van der Waals surface area (Å²) in [6.07, 6.45) is 6.76. The molecule has 4 rings (SSSR count). The number of carboxylic acid groups (broad SMARTS) is 2. The van der Waals surface area contributed by atoms with Gasteiger partial charge in [-0.2, -0.15) is 0 Å². The zero-order valence-corrected chi connectivity index (χ0v) is 13.9. The Morgan fingerprint density at radius 2 is 1.23 bits per heavy atom. The molecule has 126 valence electrons. The second-order valence-corrected chi connectivity index (χ2v) is 8.56. The van der Waals surface area contributed by atoms with E-state index in [1.165, 1.54) is 0 Å². The molecule has 2 atom stereocenters. The van der Waals surface area contributed by atoms with E-state index in [0.29, 0.717) is 0 Å². The Bertz CT molecular complexity index is 474. The molecule has 0 heterocycles. The van der Waals surface area contributed by atoms with Crippen LogP contribution in [0.5, 0.6) is 0 Å². The van der Waals surface area contributed by atoms with Crippen molar-refractivity contribution >= 4 is 11.9 Å². The molecule has 0 spiro atoms. The van der Waals surface area contributed by atoms with Crippen LogP contribution in [0.15, 0.2) is 0 Å². The van der Waals surface area contributed by atoms with E-state index in [0.717, 1.165) is 44.9 Å². The van der Waals surface area contributed by atoms with Crippen LogP contribution in [0.3, 0.4) is 0 Å². The lowest BCUT2D eigenvalue weighted by Gasteiger charge is -2.68. The molecule has 0 radical (unpaired) electrons. The predicted molar refractivity (Wildman–Crippen MR) is 75.4 cm³/mol. The minimum absolute atomic E-state index is 0. The molecular formula is C16H26ClNO4. The van der Waals surface area contributed by atoms with Gasteiger partial charge in [0.1, 0.15) is 0 Å². The normalized spacial score (nSPS) is 45.4. The molecule has 4 bridgehead atoms. The second-order valence-electron chi connectivity index (χ2n) is 8.56. The smallest absolute Gasteiger partial charge is 0.303 e. The van der Waals surface area contributed by atoms with Crippen molar-refractivity contribution in [3.8, 4) is 0 Å². The molecule has 22 heavy (non-hydrogen) atoms. The van der Waals surface area contributed by atoms with Crippen LogP contribution < -0.4 is 18.1 Å². The molecule has 4 saturated carbocycles. The summed E-state index contributed by atoms with van der Waals surface area (Å²) in [7, 11) is 0. The van der Waals surface area contributed by atoms with Crippen molar-refractivity contribution in [2.45, 2.75) is 70.3 Å². The number of quaternary nitrogens is 1. The van der Waals surface area contributed by atoms with E-state index >= 15 is 0 Å². The lowest BCUT2D eigenvalue weighted by Crippen LogP contribution is -3.00. The Morgan fingerprint density at radius 1 is 0.864 bits per heavy atom. The van der Waals surface area contributed by atoms with Crippen LogP contribution in [0, 0.1) is 16.2 Å². The van der Waals surface area contributed by atoms with Crippen LogP contribution in [0.2, 0.25) is 0 Å². The van der Waals surface area contributed by atoms with E-state index < -0.39 is 11.9 Å². The first-order valence-corrected chi connectivity index (χ1v) is 7.93. The number of halogens is 1. The minimum atomic E-state index is -0.753. The van der Waals surface area contributed by atoms with Crippen molar-refractivity contribution in [3.63, 3.8) is 0 Å². The molecule has 0 aromatic carbocycles. The summed E-state index contributed by atoms with van der Waals surface area (Å²) in [6, 6.07) is 0. The molecule has 0 saturated heterocycles. The van der Waals surface area contributed by atoms with Gasteiger partial charge in [0.2, 0.25) is 0 Å². The summed E-state index contributed by atoms with van der Waals surface area (Å²) in [5.41, 5.74) is 3.98. The molecule has 0 aromatic rings. The van der Waals surface area contributed by atoms with Crippen molar-refractivity contribution in [3.05, 3.63) is 0 Å². The van der Waals surface area contributed by atoms with Crippen molar-refractivity contribution in [1.82, 2.24) is 0 Å². The average molecular weight is 332 g/mol. The van der Waals surface area contributed by atoms with E-state index in [4.69, 9.17) is 0 Å². The molecule has 4 fully saturated rings. The summed E-state index contributed by atoms with van der Waals surface area (Å²) in [4.78, 5) is 22.7. The van der Waals surface area contributed by atoms with E-state index in [2.05, 4.69) is 12.7 Å². The fourth-order valence-electron chi connectivity index (χ4n) is 6.91. The van der Waals surface area contributed by atoms with Crippen LogP contribution >= 0.6 is 0 Å². The third-order valence-electron chi connectivity index (χ3n) is 6.30. The Morgan fingerprint density at radius 3 is 1.59 bits per heavy atom. The van der Waals surface area contributed by atoms with E-state index in [1.807, 2.05) is 0 Å². The number of hydrogen-bond donors (Lipinski definition) is 3. The third-order valence-corrected chi connectivity index (χ3v) is 6.30. The average Bonchev–Trinajstić information content (AvgIpc) is 2.21. The Labute approximate surface area is 137 Å². The van der Waals surface area contributed by atoms with Crippen molar-refractivity contribution < 1.29 is 37.9 Å². The molecule has 0 aromatic heterocycles. The molecule has 6 heteroatoms. The van der Waals surface area contributed by atoms with Crippen molar-refractivity contribution in [2.75, 3.05) is 0 Å². The van der Waals surface area contributed by atoms with Crippen molar-refractivity contribution in [1.29, 1.82) is 0 Å². The van der Waals surface area contributed by atoms with Gasteiger partial charge < -0.3 is 28.4 Å². The van der Waals surface area contributed by atoms with Gasteiger partial charge in [0.15, 0.2) is 0 Å². The number of carboxylic acids is 2. The van der Waals surface area contributed by atoms with Gasteiger partial charge >= 0.3 is 11.9 Å². The monoisotopic (exact) mass is 331 g/mol. The lowest BCUT2D eigenvalue weighted by molar-refractivity contribution is -0.521. The number of rotatable bonds is 5. The highest BCUT2D eigenvalue weighted by Gasteiger charge is 2.68. The first kappa shape index (κ1) is 17.5. The zero-order valence-electron chi connectivity index (χ0n) is 13.2. The van der Waals surface area contributed by atoms with Crippen LogP contribution in [0.1, 0.15) is 64.7 Å². The van der Waals surface area contributed by atoms with Crippen LogP contribution in [-0.4, -0.2) is 27.7 Å². The van der Waals surface area contributed by atoms with Crippen LogP contribution in [-0.2, 0) is 9.59 Å². The maximum absolute atomic E-state index is 11.4. The van der Waals surface area contributed by atoms with E-state index in [-0.39, 0.29) is 47.0 Å². The fraction of sp³-hybridized carbons (Fsp3) is 0.875. The predicted octanol–water partition coefficient (Wildman–Crippen LogP) is -1.33.